The zero-order chi connectivity index (χ0) is 11.1. The van der Waals surface area contributed by atoms with Crippen molar-refractivity contribution < 1.29 is 0 Å². The van der Waals surface area contributed by atoms with Crippen molar-refractivity contribution in [1.82, 2.24) is 2.78 Å². The van der Waals surface area contributed by atoms with Crippen LogP contribution < -0.4 is 5.43 Å². The SMILES string of the molecule is O=c1c2ccccc2n(I)c2ccccc12. The molecule has 0 bridgehead atoms. The molecule has 3 heteroatoms. The lowest BCUT2D eigenvalue weighted by molar-refractivity contribution is 1.44. The number of rotatable bonds is 0. The molecule has 0 saturated heterocycles. The molecule has 0 aliphatic rings. The third kappa shape index (κ3) is 1.28. The molecule has 0 N–H and O–H groups in total. The number of nitrogens with zero attached hydrogens (tertiary/aromatic N) is 1. The predicted molar refractivity (Wildman–Crippen MR) is 75.1 cm³/mol. The zero-order valence-electron chi connectivity index (χ0n) is 8.35. The molecule has 0 aliphatic carbocycles. The van der Waals surface area contributed by atoms with Crippen molar-refractivity contribution in [2.75, 3.05) is 0 Å². The van der Waals surface area contributed by atoms with E-state index in [1.54, 1.807) is 0 Å². The highest BCUT2D eigenvalue weighted by molar-refractivity contribution is 14.1. The highest BCUT2D eigenvalue weighted by atomic mass is 127. The van der Waals surface area contributed by atoms with Crippen molar-refractivity contribution in [3.8, 4) is 0 Å². The molecule has 16 heavy (non-hydrogen) atoms. The van der Waals surface area contributed by atoms with E-state index in [4.69, 9.17) is 0 Å². The van der Waals surface area contributed by atoms with Crippen molar-refractivity contribution in [3.05, 3.63) is 58.8 Å². The maximum absolute atomic E-state index is 12.2. The quantitative estimate of drug-likeness (QED) is 0.460. The summed E-state index contributed by atoms with van der Waals surface area (Å²) in [6.07, 6.45) is 0. The van der Waals surface area contributed by atoms with E-state index < -0.39 is 0 Å². The summed E-state index contributed by atoms with van der Waals surface area (Å²) in [5.74, 6) is 0. The molecule has 0 aliphatic heterocycles. The molecule has 0 spiro atoms. The minimum atomic E-state index is 0.110. The summed E-state index contributed by atoms with van der Waals surface area (Å²) in [5.41, 5.74) is 2.04. The van der Waals surface area contributed by atoms with E-state index in [0.717, 1.165) is 21.8 Å². The maximum atomic E-state index is 12.2. The molecular weight excluding hydrogens is 313 g/mol. The molecule has 3 aromatic rings. The van der Waals surface area contributed by atoms with E-state index in [9.17, 15) is 4.79 Å². The van der Waals surface area contributed by atoms with E-state index in [-0.39, 0.29) is 5.43 Å². The number of hydrogen-bond acceptors (Lipinski definition) is 1. The first-order valence-corrected chi connectivity index (χ1v) is 5.94. The highest BCUT2D eigenvalue weighted by Crippen LogP contribution is 2.20. The molecule has 0 saturated carbocycles. The lowest BCUT2D eigenvalue weighted by Gasteiger charge is -2.07. The molecule has 78 valence electrons. The number of fused-ring (bicyclic) bond motifs is 2. The van der Waals surface area contributed by atoms with Crippen LogP contribution in [-0.2, 0) is 0 Å². The summed E-state index contributed by atoms with van der Waals surface area (Å²) in [6, 6.07) is 15.4. The van der Waals surface area contributed by atoms with Crippen LogP contribution in [0.25, 0.3) is 21.8 Å². The number of hydrogen-bond donors (Lipinski definition) is 0. The molecule has 1 aromatic heterocycles. The molecular formula is C13H8INO. The Labute approximate surface area is 106 Å². The predicted octanol–water partition coefficient (Wildman–Crippen LogP) is 3.35. The first kappa shape index (κ1) is 9.84. The summed E-state index contributed by atoms with van der Waals surface area (Å²) in [4.78, 5) is 12.2. The number of para-hydroxylation sites is 2. The van der Waals surface area contributed by atoms with E-state index in [2.05, 4.69) is 22.9 Å². The maximum Gasteiger partial charge on any atom is 0.197 e. The van der Waals surface area contributed by atoms with Gasteiger partial charge in [-0.05, 0) is 24.3 Å². The van der Waals surface area contributed by atoms with Crippen LogP contribution in [0.2, 0.25) is 0 Å². The largest absolute Gasteiger partial charge is 0.288 e. The molecule has 1 heterocycles. The smallest absolute Gasteiger partial charge is 0.197 e. The Hall–Kier alpha value is -1.36. The van der Waals surface area contributed by atoms with E-state index in [1.807, 2.05) is 51.3 Å². The molecule has 2 aromatic carbocycles. The van der Waals surface area contributed by atoms with Crippen molar-refractivity contribution in [1.29, 1.82) is 0 Å². The summed E-state index contributed by atoms with van der Waals surface area (Å²) in [7, 11) is 0. The van der Waals surface area contributed by atoms with Gasteiger partial charge >= 0.3 is 0 Å². The number of halogens is 1. The summed E-state index contributed by atoms with van der Waals surface area (Å²) in [6.45, 7) is 0. The molecule has 0 unspecified atom stereocenters. The van der Waals surface area contributed by atoms with E-state index >= 15 is 0 Å². The second kappa shape index (κ2) is 3.59. The fourth-order valence-electron chi connectivity index (χ4n) is 1.95. The van der Waals surface area contributed by atoms with Crippen LogP contribution in [0, 0.1) is 0 Å². The van der Waals surface area contributed by atoms with Gasteiger partial charge in [0, 0.05) is 10.8 Å². The van der Waals surface area contributed by atoms with Crippen LogP contribution in [0.4, 0.5) is 0 Å². The van der Waals surface area contributed by atoms with Crippen LogP contribution in [0.3, 0.4) is 0 Å². The second-order valence-corrected chi connectivity index (χ2v) is 4.61. The van der Waals surface area contributed by atoms with Crippen LogP contribution in [0.5, 0.6) is 0 Å². The molecule has 0 amide bonds. The Kier molecular flexibility index (Phi) is 2.21. The van der Waals surface area contributed by atoms with E-state index in [0.29, 0.717) is 0 Å². The first-order chi connectivity index (χ1) is 7.79. The van der Waals surface area contributed by atoms with Gasteiger partial charge in [0.15, 0.2) is 5.43 Å². The lowest BCUT2D eigenvalue weighted by Crippen LogP contribution is -2.06. The van der Waals surface area contributed by atoms with Gasteiger partial charge in [0.2, 0.25) is 0 Å². The molecule has 2 nitrogen and oxygen atoms in total. The Bertz CT molecular complexity index is 686. The van der Waals surface area contributed by atoms with Crippen molar-refractivity contribution in [2.45, 2.75) is 0 Å². The number of pyridine rings is 1. The average Bonchev–Trinajstić information content (AvgIpc) is 2.36. The first-order valence-electron chi connectivity index (χ1n) is 4.98. The van der Waals surface area contributed by atoms with Gasteiger partial charge in [-0.3, -0.25) is 7.58 Å². The Morgan fingerprint density at radius 2 is 1.25 bits per heavy atom. The molecule has 0 radical (unpaired) electrons. The standard InChI is InChI=1S/C13H8INO/c14-15-11-7-3-1-5-9(11)13(16)10-6-2-4-8-12(10)15/h1-8H. The van der Waals surface area contributed by atoms with Crippen molar-refractivity contribution in [2.24, 2.45) is 0 Å². The van der Waals surface area contributed by atoms with Gasteiger partial charge in [0.1, 0.15) is 0 Å². The van der Waals surface area contributed by atoms with Crippen molar-refractivity contribution >= 4 is 44.7 Å². The van der Waals surface area contributed by atoms with Gasteiger partial charge in [-0.2, -0.15) is 0 Å². The average molecular weight is 321 g/mol. The van der Waals surface area contributed by atoms with Crippen molar-refractivity contribution in [3.63, 3.8) is 0 Å². The fourth-order valence-corrected chi connectivity index (χ4v) is 2.79. The minimum Gasteiger partial charge on any atom is -0.288 e. The van der Waals surface area contributed by atoms with Gasteiger partial charge < -0.3 is 0 Å². The summed E-state index contributed by atoms with van der Waals surface area (Å²) >= 11 is 2.23. The Balaban J connectivity index is 2.73. The van der Waals surface area contributed by atoms with Gasteiger partial charge in [-0.1, -0.05) is 24.3 Å². The monoisotopic (exact) mass is 321 g/mol. The van der Waals surface area contributed by atoms with Crippen LogP contribution in [0.15, 0.2) is 53.3 Å². The molecule has 0 atom stereocenters. The fraction of sp³-hybridized carbons (Fsp3) is 0. The molecule has 0 fully saturated rings. The van der Waals surface area contributed by atoms with Gasteiger partial charge in [-0.15, -0.1) is 0 Å². The van der Waals surface area contributed by atoms with Crippen LogP contribution in [0.1, 0.15) is 0 Å². The van der Waals surface area contributed by atoms with Gasteiger partial charge in [0.05, 0.1) is 33.9 Å². The second-order valence-electron chi connectivity index (χ2n) is 3.64. The van der Waals surface area contributed by atoms with Gasteiger partial charge in [0.25, 0.3) is 0 Å². The zero-order valence-corrected chi connectivity index (χ0v) is 10.5. The van der Waals surface area contributed by atoms with E-state index in [1.165, 1.54) is 0 Å². The third-order valence-electron chi connectivity index (χ3n) is 2.72. The van der Waals surface area contributed by atoms with Gasteiger partial charge in [-0.25, -0.2) is 0 Å². The lowest BCUT2D eigenvalue weighted by atomic mass is 10.1. The minimum absolute atomic E-state index is 0.110. The van der Waals surface area contributed by atoms with Crippen LogP contribution in [-0.4, -0.2) is 2.78 Å². The van der Waals surface area contributed by atoms with Crippen LogP contribution >= 0.6 is 22.9 Å². The Morgan fingerprint density at radius 3 is 1.75 bits per heavy atom. The summed E-state index contributed by atoms with van der Waals surface area (Å²) in [5, 5.41) is 1.55. The summed E-state index contributed by atoms with van der Waals surface area (Å²) < 4.78 is 2.03. The topological polar surface area (TPSA) is 22.0 Å². The third-order valence-corrected chi connectivity index (χ3v) is 3.76. The number of benzene rings is 2. The Morgan fingerprint density at radius 1 is 0.812 bits per heavy atom. The number of aromatic nitrogens is 1. The highest BCUT2D eigenvalue weighted by Gasteiger charge is 2.07. The normalized spacial score (nSPS) is 11.1. The molecule has 3 rings (SSSR count).